The Hall–Kier alpha value is -0.890. The summed E-state index contributed by atoms with van der Waals surface area (Å²) >= 11 is 11.2. The van der Waals surface area contributed by atoms with Crippen LogP contribution in [0.15, 0.2) is 11.1 Å². The van der Waals surface area contributed by atoms with E-state index < -0.39 is 31.3 Å². The van der Waals surface area contributed by atoms with Gasteiger partial charge in [0.1, 0.15) is 5.15 Å². The zero-order chi connectivity index (χ0) is 13.2. The Labute approximate surface area is 107 Å². The molecule has 0 aromatic carbocycles. The summed E-state index contributed by atoms with van der Waals surface area (Å²) < 4.78 is 35.1. The molecule has 0 aliphatic heterocycles. The molecule has 0 unspecified atom stereocenters. The van der Waals surface area contributed by atoms with Crippen molar-refractivity contribution in [2.24, 2.45) is 0 Å². The molecule has 1 aromatic rings. The van der Waals surface area contributed by atoms with Gasteiger partial charge >= 0.3 is 16.1 Å². The number of carbonyl (C=O) groups is 1. The maximum Gasteiger partial charge on any atom is 0.341 e. The summed E-state index contributed by atoms with van der Waals surface area (Å²) in [6.07, 6.45) is 0. The third-order valence-electron chi connectivity index (χ3n) is 1.64. The number of carbonyl (C=O) groups excluding carboxylic acids is 1. The van der Waals surface area contributed by atoms with E-state index in [-0.39, 0.29) is 12.2 Å². The highest BCUT2D eigenvalue weighted by atomic mass is 35.5. The normalized spacial score (nSPS) is 11.3. The molecule has 0 bridgehead atoms. The van der Waals surface area contributed by atoms with E-state index in [4.69, 9.17) is 27.8 Å². The second-order valence-electron chi connectivity index (χ2n) is 2.81. The van der Waals surface area contributed by atoms with Gasteiger partial charge in [0.15, 0.2) is 0 Å². The van der Waals surface area contributed by atoms with Gasteiger partial charge in [0.05, 0.1) is 17.2 Å². The fourth-order valence-corrected chi connectivity index (χ4v) is 2.21. The van der Waals surface area contributed by atoms with Crippen molar-refractivity contribution < 1.29 is 22.5 Å². The smallest absolute Gasteiger partial charge is 0.341 e. The van der Waals surface area contributed by atoms with Gasteiger partial charge in [-0.3, -0.25) is 4.55 Å². The van der Waals surface area contributed by atoms with E-state index in [2.05, 4.69) is 9.72 Å². The highest BCUT2D eigenvalue weighted by Crippen LogP contribution is 2.25. The first-order valence-corrected chi connectivity index (χ1v) is 6.47. The lowest BCUT2D eigenvalue weighted by atomic mass is 10.3. The third-order valence-corrected chi connectivity index (χ3v) is 3.13. The SMILES string of the molecule is CCOC(=O)c1cc(Cl)c(S(=O)(=O)O)nc1Cl. The lowest BCUT2D eigenvalue weighted by Gasteiger charge is -2.06. The molecular formula is C8H7Cl2NO5S. The van der Waals surface area contributed by atoms with Gasteiger partial charge in [-0.15, -0.1) is 0 Å². The Morgan fingerprint density at radius 2 is 2.12 bits per heavy atom. The lowest BCUT2D eigenvalue weighted by Crippen LogP contribution is -2.09. The third kappa shape index (κ3) is 3.29. The van der Waals surface area contributed by atoms with Crippen molar-refractivity contribution in [3.05, 3.63) is 21.8 Å². The number of esters is 1. The number of pyridine rings is 1. The second kappa shape index (κ2) is 5.18. The standard InChI is InChI=1S/C8H7Cl2NO5S/c1-2-16-8(12)4-3-5(9)7(11-6(4)10)17(13,14)15/h3H,2H2,1H3,(H,13,14,15). The van der Waals surface area contributed by atoms with Gasteiger partial charge in [0.25, 0.3) is 0 Å². The van der Waals surface area contributed by atoms with Gasteiger partial charge in [-0.05, 0) is 13.0 Å². The summed E-state index contributed by atoms with van der Waals surface area (Å²) in [7, 11) is -4.59. The van der Waals surface area contributed by atoms with Gasteiger partial charge < -0.3 is 4.74 Å². The zero-order valence-electron chi connectivity index (χ0n) is 8.48. The van der Waals surface area contributed by atoms with Gasteiger partial charge in [-0.25, -0.2) is 9.78 Å². The van der Waals surface area contributed by atoms with Crippen LogP contribution >= 0.6 is 23.2 Å². The van der Waals surface area contributed by atoms with E-state index >= 15 is 0 Å². The van der Waals surface area contributed by atoms with E-state index in [0.29, 0.717) is 0 Å². The van der Waals surface area contributed by atoms with Crippen LogP contribution in [0, 0.1) is 0 Å². The van der Waals surface area contributed by atoms with Crippen LogP contribution in [-0.2, 0) is 14.9 Å². The molecule has 1 heterocycles. The van der Waals surface area contributed by atoms with E-state index in [1.54, 1.807) is 6.92 Å². The summed E-state index contributed by atoms with van der Waals surface area (Å²) in [6.45, 7) is 1.71. The molecular weight excluding hydrogens is 293 g/mol. The van der Waals surface area contributed by atoms with Gasteiger partial charge in [-0.2, -0.15) is 8.42 Å². The van der Waals surface area contributed by atoms with Crippen molar-refractivity contribution in [2.75, 3.05) is 6.61 Å². The van der Waals surface area contributed by atoms with Crippen LogP contribution in [0.5, 0.6) is 0 Å². The van der Waals surface area contributed by atoms with Crippen LogP contribution in [-0.4, -0.2) is 30.5 Å². The van der Waals surface area contributed by atoms with Crippen molar-refractivity contribution in [1.82, 2.24) is 4.98 Å². The summed E-state index contributed by atoms with van der Waals surface area (Å²) in [6, 6.07) is 0.970. The molecule has 1 rings (SSSR count). The average Bonchev–Trinajstić information content (AvgIpc) is 2.19. The van der Waals surface area contributed by atoms with Crippen LogP contribution in [0.1, 0.15) is 17.3 Å². The largest absolute Gasteiger partial charge is 0.462 e. The molecule has 1 aromatic heterocycles. The number of ether oxygens (including phenoxy) is 1. The van der Waals surface area contributed by atoms with Gasteiger partial charge in [0.2, 0.25) is 5.03 Å². The number of halogens is 2. The van der Waals surface area contributed by atoms with Crippen molar-refractivity contribution in [3.63, 3.8) is 0 Å². The van der Waals surface area contributed by atoms with Crippen molar-refractivity contribution in [1.29, 1.82) is 0 Å². The minimum absolute atomic E-state index is 0.118. The van der Waals surface area contributed by atoms with E-state index in [0.717, 1.165) is 6.07 Å². The first kappa shape index (κ1) is 14.2. The highest BCUT2D eigenvalue weighted by Gasteiger charge is 2.22. The Balaban J connectivity index is 3.33. The predicted octanol–water partition coefficient (Wildman–Crippen LogP) is 1.81. The lowest BCUT2D eigenvalue weighted by molar-refractivity contribution is 0.0526. The Bertz CT molecular complexity index is 557. The minimum atomic E-state index is -4.59. The topological polar surface area (TPSA) is 93.6 Å². The first-order valence-electron chi connectivity index (χ1n) is 4.28. The Morgan fingerprint density at radius 1 is 1.53 bits per heavy atom. The fourth-order valence-electron chi connectivity index (χ4n) is 0.984. The molecule has 0 atom stereocenters. The summed E-state index contributed by atoms with van der Waals surface area (Å²) in [4.78, 5) is 14.7. The number of hydrogen-bond acceptors (Lipinski definition) is 5. The molecule has 0 spiro atoms. The van der Waals surface area contributed by atoms with Crippen molar-refractivity contribution in [3.8, 4) is 0 Å². The average molecular weight is 300 g/mol. The quantitative estimate of drug-likeness (QED) is 0.520. The van der Waals surface area contributed by atoms with Gasteiger partial charge in [-0.1, -0.05) is 23.2 Å². The predicted molar refractivity (Wildman–Crippen MR) is 60.0 cm³/mol. The molecule has 0 aliphatic rings. The number of nitrogens with zero attached hydrogens (tertiary/aromatic N) is 1. The van der Waals surface area contributed by atoms with Crippen molar-refractivity contribution >= 4 is 39.3 Å². The fraction of sp³-hybridized carbons (Fsp3) is 0.250. The molecule has 0 saturated heterocycles. The van der Waals surface area contributed by atoms with E-state index in [9.17, 15) is 13.2 Å². The van der Waals surface area contributed by atoms with Crippen LogP contribution in [0.3, 0.4) is 0 Å². The molecule has 9 heteroatoms. The minimum Gasteiger partial charge on any atom is -0.462 e. The van der Waals surface area contributed by atoms with Crippen LogP contribution in [0.4, 0.5) is 0 Å². The van der Waals surface area contributed by atoms with Crippen LogP contribution in [0.25, 0.3) is 0 Å². The molecule has 6 nitrogen and oxygen atoms in total. The Kier molecular flexibility index (Phi) is 4.31. The van der Waals surface area contributed by atoms with E-state index in [1.807, 2.05) is 0 Å². The molecule has 0 amide bonds. The first-order chi connectivity index (χ1) is 7.77. The summed E-state index contributed by atoms with van der Waals surface area (Å²) in [5, 5.41) is -1.64. The van der Waals surface area contributed by atoms with Crippen molar-refractivity contribution in [2.45, 2.75) is 11.9 Å². The van der Waals surface area contributed by atoms with E-state index in [1.165, 1.54) is 0 Å². The number of hydrogen-bond donors (Lipinski definition) is 1. The van der Waals surface area contributed by atoms with Gasteiger partial charge in [0, 0.05) is 0 Å². The molecule has 1 N–H and O–H groups in total. The number of rotatable bonds is 3. The Morgan fingerprint density at radius 3 is 2.59 bits per heavy atom. The molecule has 94 valence electrons. The second-order valence-corrected chi connectivity index (χ2v) is 4.91. The highest BCUT2D eigenvalue weighted by molar-refractivity contribution is 7.85. The summed E-state index contributed by atoms with van der Waals surface area (Å²) in [5.74, 6) is -0.784. The molecule has 0 fully saturated rings. The number of aromatic nitrogens is 1. The molecule has 17 heavy (non-hydrogen) atoms. The summed E-state index contributed by atoms with van der Waals surface area (Å²) in [5.41, 5.74) is -0.175. The van der Waals surface area contributed by atoms with Crippen LogP contribution < -0.4 is 0 Å². The zero-order valence-corrected chi connectivity index (χ0v) is 10.8. The molecule has 0 aliphatic carbocycles. The molecule has 0 saturated carbocycles. The molecule has 0 radical (unpaired) electrons. The maximum absolute atomic E-state index is 11.4. The maximum atomic E-state index is 11.4. The monoisotopic (exact) mass is 299 g/mol. The van der Waals surface area contributed by atoms with Crippen LogP contribution in [0.2, 0.25) is 10.2 Å².